The zero-order valence-electron chi connectivity index (χ0n) is 36.4. The van der Waals surface area contributed by atoms with Crippen molar-refractivity contribution >= 4 is 43.7 Å². The first-order chi connectivity index (χ1) is 33.7. The molecule has 0 aliphatic heterocycles. The molecule has 0 bridgehead atoms. The quantitative estimate of drug-likeness (QED) is 0.150. The van der Waals surface area contributed by atoms with E-state index in [-0.39, 0.29) is 0 Å². The van der Waals surface area contributed by atoms with E-state index in [0.717, 1.165) is 100 Å². The Labute approximate surface area is 390 Å². The highest BCUT2D eigenvalue weighted by atomic mass is 16.3. The molecule has 0 radical (unpaired) electrons. The Morgan fingerprint density at radius 1 is 0.353 bits per heavy atom. The summed E-state index contributed by atoms with van der Waals surface area (Å²) in [5, 5.41) is 4.27. The molecular formula is C60H37N7O. The van der Waals surface area contributed by atoms with Gasteiger partial charge in [0.05, 0.1) is 27.6 Å². The standard InChI is InChI=1S/C60H37N7O/c1-3-12-40(13-4-1)55-54-53(39-28-32-61-33-29-39)56(41-30-34-62-35-31-41)68-57(54)49-37-44(26-27-50(49)63-55)38-22-24-43(25-23-38)59-64-58(42-14-5-2-6-15-42)65-60(66-59)45-16-11-17-46(36-45)67-51-20-9-7-18-47(51)48-19-8-10-21-52(48)67/h1-37H. The van der Waals surface area contributed by atoms with Gasteiger partial charge in [0.25, 0.3) is 0 Å². The maximum Gasteiger partial charge on any atom is 0.164 e. The lowest BCUT2D eigenvalue weighted by atomic mass is 9.95. The molecule has 8 nitrogen and oxygen atoms in total. The summed E-state index contributed by atoms with van der Waals surface area (Å²) < 4.78 is 9.35. The van der Waals surface area contributed by atoms with Crippen LogP contribution in [0.1, 0.15) is 0 Å². The Bertz CT molecular complexity index is 3950. The number of furan rings is 1. The highest BCUT2D eigenvalue weighted by molar-refractivity contribution is 6.17. The summed E-state index contributed by atoms with van der Waals surface area (Å²) in [5.41, 5.74) is 14.4. The molecule has 0 aliphatic rings. The molecule has 13 aromatic rings. The number of benzene rings is 7. The predicted molar refractivity (Wildman–Crippen MR) is 273 cm³/mol. The second-order valence-corrected chi connectivity index (χ2v) is 16.7. The molecular weight excluding hydrogens is 835 g/mol. The van der Waals surface area contributed by atoms with Crippen molar-refractivity contribution < 1.29 is 4.42 Å². The third-order valence-corrected chi connectivity index (χ3v) is 12.7. The zero-order valence-corrected chi connectivity index (χ0v) is 36.4. The lowest BCUT2D eigenvalue weighted by Gasteiger charge is -2.12. The van der Waals surface area contributed by atoms with Gasteiger partial charge in [0.2, 0.25) is 0 Å². The van der Waals surface area contributed by atoms with E-state index in [2.05, 4.69) is 142 Å². The van der Waals surface area contributed by atoms with Gasteiger partial charge in [0.15, 0.2) is 17.5 Å². The van der Waals surface area contributed by atoms with E-state index >= 15 is 0 Å². The fraction of sp³-hybridized carbons (Fsp3) is 0. The van der Waals surface area contributed by atoms with Gasteiger partial charge in [-0.15, -0.1) is 0 Å². The van der Waals surface area contributed by atoms with Crippen molar-refractivity contribution in [3.63, 3.8) is 0 Å². The van der Waals surface area contributed by atoms with E-state index in [1.54, 1.807) is 12.4 Å². The van der Waals surface area contributed by atoms with E-state index in [4.69, 9.17) is 24.4 Å². The van der Waals surface area contributed by atoms with Crippen LogP contribution < -0.4 is 0 Å². The Hall–Kier alpha value is -9.40. The van der Waals surface area contributed by atoms with Crippen LogP contribution in [0, 0.1) is 0 Å². The summed E-state index contributed by atoms with van der Waals surface area (Å²) in [6.45, 7) is 0. The highest BCUT2D eigenvalue weighted by Gasteiger charge is 2.25. The van der Waals surface area contributed by atoms with Crippen molar-refractivity contribution in [3.05, 3.63) is 225 Å². The van der Waals surface area contributed by atoms with Gasteiger partial charge in [-0.1, -0.05) is 140 Å². The van der Waals surface area contributed by atoms with Crippen LogP contribution in [0.3, 0.4) is 0 Å². The Kier molecular flexibility index (Phi) is 9.31. The molecule has 0 aliphatic carbocycles. The minimum atomic E-state index is 0.586. The highest BCUT2D eigenvalue weighted by Crippen LogP contribution is 2.47. The summed E-state index contributed by atoms with van der Waals surface area (Å²) in [4.78, 5) is 29.3. The second kappa shape index (κ2) is 16.2. The average Bonchev–Trinajstić information content (AvgIpc) is 3.99. The molecule has 0 amide bonds. The molecule has 0 spiro atoms. The SMILES string of the molecule is c1ccc(-c2nc(-c3ccc(-c4ccc5nc(-c6ccccc6)c6c(-c7ccncc7)c(-c7ccncc7)oc6c5c4)cc3)nc(-c3cccc(-n4c5ccccc5c5ccccc54)c3)n2)cc1. The molecule has 6 heterocycles. The Balaban J connectivity index is 0.930. The van der Waals surface area contributed by atoms with E-state index in [0.29, 0.717) is 17.5 Å². The molecule has 68 heavy (non-hydrogen) atoms. The fourth-order valence-corrected chi connectivity index (χ4v) is 9.47. The van der Waals surface area contributed by atoms with Gasteiger partial charge >= 0.3 is 0 Å². The van der Waals surface area contributed by atoms with Crippen molar-refractivity contribution in [1.29, 1.82) is 0 Å². The summed E-state index contributed by atoms with van der Waals surface area (Å²) in [5.74, 6) is 2.54. The summed E-state index contributed by atoms with van der Waals surface area (Å²) in [6, 6.07) is 68.8. The van der Waals surface area contributed by atoms with E-state index in [1.165, 1.54) is 10.8 Å². The Morgan fingerprint density at radius 3 is 1.54 bits per heavy atom. The van der Waals surface area contributed by atoms with Gasteiger partial charge < -0.3 is 8.98 Å². The molecule has 0 atom stereocenters. The molecule has 7 aromatic carbocycles. The van der Waals surface area contributed by atoms with Crippen molar-refractivity contribution in [2.45, 2.75) is 0 Å². The van der Waals surface area contributed by atoms with Gasteiger partial charge in [-0.3, -0.25) is 9.97 Å². The van der Waals surface area contributed by atoms with Crippen LogP contribution in [0.4, 0.5) is 0 Å². The summed E-state index contributed by atoms with van der Waals surface area (Å²) in [6.07, 6.45) is 7.21. The van der Waals surface area contributed by atoms with E-state index in [1.807, 2.05) is 85.2 Å². The average molecular weight is 872 g/mol. The molecule has 8 heteroatoms. The smallest absolute Gasteiger partial charge is 0.164 e. The third kappa shape index (κ3) is 6.70. The number of fused-ring (bicyclic) bond motifs is 6. The number of para-hydroxylation sites is 2. The first-order valence-electron chi connectivity index (χ1n) is 22.5. The zero-order chi connectivity index (χ0) is 45.0. The van der Waals surface area contributed by atoms with Crippen LogP contribution >= 0.6 is 0 Å². The van der Waals surface area contributed by atoms with Crippen molar-refractivity contribution in [1.82, 2.24) is 34.5 Å². The molecule has 0 N–H and O–H groups in total. The third-order valence-electron chi connectivity index (χ3n) is 12.7. The van der Waals surface area contributed by atoms with E-state index in [9.17, 15) is 0 Å². The van der Waals surface area contributed by atoms with Crippen LogP contribution in [0.25, 0.3) is 128 Å². The van der Waals surface area contributed by atoms with Crippen molar-refractivity contribution in [3.8, 4) is 84.7 Å². The number of aromatic nitrogens is 7. The molecule has 0 saturated carbocycles. The first kappa shape index (κ1) is 39.0. The fourth-order valence-electron chi connectivity index (χ4n) is 9.47. The molecule has 0 saturated heterocycles. The predicted octanol–water partition coefficient (Wildman–Crippen LogP) is 14.7. The molecule has 318 valence electrons. The number of hydrogen-bond acceptors (Lipinski definition) is 7. The monoisotopic (exact) mass is 871 g/mol. The van der Waals surface area contributed by atoms with Crippen LogP contribution in [-0.2, 0) is 0 Å². The number of pyridine rings is 3. The van der Waals surface area contributed by atoms with Crippen LogP contribution in [0.15, 0.2) is 229 Å². The van der Waals surface area contributed by atoms with Gasteiger partial charge in [0, 0.05) is 80.0 Å². The van der Waals surface area contributed by atoms with Crippen LogP contribution in [0.2, 0.25) is 0 Å². The molecule has 0 fully saturated rings. The van der Waals surface area contributed by atoms with E-state index < -0.39 is 0 Å². The molecule has 13 rings (SSSR count). The van der Waals surface area contributed by atoms with Crippen LogP contribution in [0.5, 0.6) is 0 Å². The number of rotatable bonds is 8. The first-order valence-corrected chi connectivity index (χ1v) is 22.5. The lowest BCUT2D eigenvalue weighted by Crippen LogP contribution is -2.01. The lowest BCUT2D eigenvalue weighted by molar-refractivity contribution is 0.635. The number of hydrogen-bond donors (Lipinski definition) is 0. The normalized spacial score (nSPS) is 11.5. The summed E-state index contributed by atoms with van der Waals surface area (Å²) >= 11 is 0. The maximum atomic E-state index is 7.03. The van der Waals surface area contributed by atoms with Crippen molar-refractivity contribution in [2.75, 3.05) is 0 Å². The Morgan fingerprint density at radius 2 is 0.882 bits per heavy atom. The molecule has 0 unspecified atom stereocenters. The van der Waals surface area contributed by atoms with Gasteiger partial charge in [-0.05, 0) is 77.4 Å². The molecule has 6 aromatic heterocycles. The largest absolute Gasteiger partial charge is 0.455 e. The van der Waals surface area contributed by atoms with Gasteiger partial charge in [0.1, 0.15) is 11.3 Å². The number of nitrogens with zero attached hydrogens (tertiary/aromatic N) is 7. The topological polar surface area (TPSA) is 95.4 Å². The minimum absolute atomic E-state index is 0.586. The minimum Gasteiger partial charge on any atom is -0.455 e. The van der Waals surface area contributed by atoms with Gasteiger partial charge in [-0.2, -0.15) is 0 Å². The maximum absolute atomic E-state index is 7.03. The second-order valence-electron chi connectivity index (χ2n) is 16.7. The van der Waals surface area contributed by atoms with Gasteiger partial charge in [-0.25, -0.2) is 19.9 Å². The van der Waals surface area contributed by atoms with Crippen LogP contribution in [-0.4, -0.2) is 34.5 Å². The summed E-state index contributed by atoms with van der Waals surface area (Å²) in [7, 11) is 0. The van der Waals surface area contributed by atoms with Crippen molar-refractivity contribution in [2.24, 2.45) is 0 Å².